The second kappa shape index (κ2) is 2.88. The number of carbonyl (C=O) groups excluding carboxylic acids is 1. The van der Waals surface area contributed by atoms with Gasteiger partial charge in [0.2, 0.25) is 0 Å². The van der Waals surface area contributed by atoms with Crippen molar-refractivity contribution in [3.8, 4) is 0 Å². The van der Waals surface area contributed by atoms with E-state index in [9.17, 15) is 4.79 Å². The first-order chi connectivity index (χ1) is 5.86. The minimum absolute atomic E-state index is 0.00403. The van der Waals surface area contributed by atoms with Crippen LogP contribution in [-0.2, 0) is 4.74 Å². The first-order valence-corrected chi connectivity index (χ1v) is 3.77. The van der Waals surface area contributed by atoms with Crippen molar-refractivity contribution in [2.45, 2.75) is 12.8 Å². The van der Waals surface area contributed by atoms with Crippen LogP contribution in [0.1, 0.15) is 23.5 Å². The van der Waals surface area contributed by atoms with Crippen LogP contribution in [0.5, 0.6) is 0 Å². The molecule has 0 unspecified atom stereocenters. The van der Waals surface area contributed by atoms with Crippen LogP contribution < -0.4 is 0 Å². The fourth-order valence-electron chi connectivity index (χ4n) is 0.791. The topological polar surface area (TPSA) is 80.8 Å². The Bertz CT molecular complexity index is 267. The summed E-state index contributed by atoms with van der Waals surface area (Å²) in [7, 11) is 0. The van der Waals surface area contributed by atoms with Crippen LogP contribution in [0.3, 0.4) is 0 Å². The molecule has 1 aromatic heterocycles. The normalized spacial score (nSPS) is 16.0. The van der Waals surface area contributed by atoms with Crippen molar-refractivity contribution in [3.63, 3.8) is 0 Å². The standard InChI is InChI=1S/C6H8N4O2/c11-6(5-7-9-10-8-5)12-3-4-1-2-4/h4H,1-3H2,(H,7,8,9,10). The van der Waals surface area contributed by atoms with Crippen molar-refractivity contribution in [3.05, 3.63) is 5.82 Å². The lowest BCUT2D eigenvalue weighted by Crippen LogP contribution is -2.09. The van der Waals surface area contributed by atoms with E-state index in [-0.39, 0.29) is 5.82 Å². The molecule has 1 saturated carbocycles. The van der Waals surface area contributed by atoms with Gasteiger partial charge in [-0.3, -0.25) is 0 Å². The van der Waals surface area contributed by atoms with E-state index in [1.165, 1.54) is 0 Å². The summed E-state index contributed by atoms with van der Waals surface area (Å²) in [6.45, 7) is 0.480. The van der Waals surface area contributed by atoms with Gasteiger partial charge in [0.05, 0.1) is 6.61 Å². The summed E-state index contributed by atoms with van der Waals surface area (Å²) in [6, 6.07) is 0. The Hall–Kier alpha value is -1.46. The Morgan fingerprint density at radius 2 is 2.50 bits per heavy atom. The lowest BCUT2D eigenvalue weighted by molar-refractivity contribution is 0.0472. The average Bonchev–Trinajstić information content (AvgIpc) is 2.74. The number of aromatic amines is 1. The second-order valence-corrected chi connectivity index (χ2v) is 2.78. The fourth-order valence-corrected chi connectivity index (χ4v) is 0.791. The number of hydrogen-bond donors (Lipinski definition) is 1. The van der Waals surface area contributed by atoms with E-state index in [1.807, 2.05) is 0 Å². The van der Waals surface area contributed by atoms with Crippen molar-refractivity contribution >= 4 is 5.97 Å². The molecule has 0 aliphatic heterocycles. The molecule has 1 heterocycles. The number of nitrogens with zero attached hydrogens (tertiary/aromatic N) is 3. The van der Waals surface area contributed by atoms with Gasteiger partial charge in [-0.1, -0.05) is 0 Å². The lowest BCUT2D eigenvalue weighted by Gasteiger charge is -1.97. The minimum atomic E-state index is -0.504. The van der Waals surface area contributed by atoms with E-state index in [0.29, 0.717) is 12.5 Å². The Kier molecular flexibility index (Phi) is 1.73. The highest BCUT2D eigenvalue weighted by atomic mass is 16.5. The highest BCUT2D eigenvalue weighted by Gasteiger charge is 2.24. The molecule has 1 N–H and O–H groups in total. The summed E-state index contributed by atoms with van der Waals surface area (Å²) in [6.07, 6.45) is 2.30. The monoisotopic (exact) mass is 168 g/mol. The van der Waals surface area contributed by atoms with Gasteiger partial charge in [-0.05, 0) is 24.0 Å². The molecule has 0 saturated heterocycles. The molecule has 1 aliphatic carbocycles. The summed E-state index contributed by atoms with van der Waals surface area (Å²) in [4.78, 5) is 11.0. The molecule has 6 nitrogen and oxygen atoms in total. The van der Waals surface area contributed by atoms with Crippen molar-refractivity contribution in [1.82, 2.24) is 20.6 Å². The maximum atomic E-state index is 11.0. The van der Waals surface area contributed by atoms with Crippen molar-refractivity contribution < 1.29 is 9.53 Å². The number of carbonyl (C=O) groups is 1. The molecular weight excluding hydrogens is 160 g/mol. The van der Waals surface area contributed by atoms with Gasteiger partial charge in [0, 0.05) is 0 Å². The smallest absolute Gasteiger partial charge is 0.380 e. The Morgan fingerprint density at radius 1 is 1.67 bits per heavy atom. The molecule has 6 heteroatoms. The number of esters is 1. The summed E-state index contributed by atoms with van der Waals surface area (Å²) in [5, 5.41) is 12.4. The summed E-state index contributed by atoms with van der Waals surface area (Å²) in [5.41, 5.74) is 0. The molecular formula is C6H8N4O2. The first-order valence-electron chi connectivity index (χ1n) is 3.77. The average molecular weight is 168 g/mol. The minimum Gasteiger partial charge on any atom is -0.459 e. The van der Waals surface area contributed by atoms with Crippen LogP contribution in [0.15, 0.2) is 0 Å². The Labute approximate surface area is 68.3 Å². The second-order valence-electron chi connectivity index (χ2n) is 2.78. The maximum Gasteiger partial charge on any atom is 0.380 e. The van der Waals surface area contributed by atoms with Gasteiger partial charge in [-0.2, -0.15) is 5.21 Å². The van der Waals surface area contributed by atoms with Crippen molar-refractivity contribution in [1.29, 1.82) is 0 Å². The van der Waals surface area contributed by atoms with Gasteiger partial charge >= 0.3 is 5.97 Å². The number of tetrazole rings is 1. The van der Waals surface area contributed by atoms with Crippen LogP contribution in [0.2, 0.25) is 0 Å². The molecule has 0 amide bonds. The number of H-pyrrole nitrogens is 1. The van der Waals surface area contributed by atoms with Gasteiger partial charge < -0.3 is 4.74 Å². The number of ether oxygens (including phenoxy) is 1. The summed E-state index contributed by atoms with van der Waals surface area (Å²) >= 11 is 0. The molecule has 1 fully saturated rings. The molecule has 0 bridgehead atoms. The zero-order valence-corrected chi connectivity index (χ0v) is 6.36. The first kappa shape index (κ1) is 7.20. The van der Waals surface area contributed by atoms with Crippen LogP contribution in [0, 0.1) is 5.92 Å². The number of nitrogens with one attached hydrogen (secondary N) is 1. The van der Waals surface area contributed by atoms with Crippen molar-refractivity contribution in [2.24, 2.45) is 5.92 Å². The van der Waals surface area contributed by atoms with Gasteiger partial charge in [0.15, 0.2) is 0 Å². The predicted octanol–water partition coefficient (Wildman–Crippen LogP) is -0.234. The van der Waals surface area contributed by atoms with E-state index >= 15 is 0 Å². The zero-order chi connectivity index (χ0) is 8.39. The molecule has 1 aromatic rings. The summed E-state index contributed by atoms with van der Waals surface area (Å²) < 4.78 is 4.89. The van der Waals surface area contributed by atoms with Gasteiger partial charge in [0.1, 0.15) is 0 Å². The number of aromatic nitrogens is 4. The molecule has 0 radical (unpaired) electrons. The summed E-state index contributed by atoms with van der Waals surface area (Å²) in [5.74, 6) is 0.0483. The lowest BCUT2D eigenvalue weighted by atomic mass is 10.5. The van der Waals surface area contributed by atoms with Gasteiger partial charge in [0.25, 0.3) is 5.82 Å². The van der Waals surface area contributed by atoms with E-state index in [0.717, 1.165) is 12.8 Å². The third-order valence-electron chi connectivity index (χ3n) is 1.67. The van der Waals surface area contributed by atoms with Crippen LogP contribution in [0.4, 0.5) is 0 Å². The third-order valence-corrected chi connectivity index (χ3v) is 1.67. The molecule has 0 spiro atoms. The third kappa shape index (κ3) is 1.58. The number of hydrogen-bond acceptors (Lipinski definition) is 5. The quantitative estimate of drug-likeness (QED) is 0.630. The predicted molar refractivity (Wildman–Crippen MR) is 37.2 cm³/mol. The largest absolute Gasteiger partial charge is 0.459 e. The van der Waals surface area contributed by atoms with E-state index in [1.54, 1.807) is 0 Å². The fraction of sp³-hybridized carbons (Fsp3) is 0.667. The molecule has 0 atom stereocenters. The maximum absolute atomic E-state index is 11.0. The highest BCUT2D eigenvalue weighted by Crippen LogP contribution is 2.28. The molecule has 0 aromatic carbocycles. The van der Waals surface area contributed by atoms with Crippen LogP contribution in [0.25, 0.3) is 0 Å². The molecule has 2 rings (SSSR count). The Morgan fingerprint density at radius 3 is 3.08 bits per heavy atom. The number of rotatable bonds is 3. The Balaban J connectivity index is 1.83. The van der Waals surface area contributed by atoms with Crippen molar-refractivity contribution in [2.75, 3.05) is 6.61 Å². The van der Waals surface area contributed by atoms with E-state index in [4.69, 9.17) is 4.74 Å². The van der Waals surface area contributed by atoms with Gasteiger partial charge in [-0.25, -0.2) is 4.79 Å². The van der Waals surface area contributed by atoms with Crippen LogP contribution >= 0.6 is 0 Å². The molecule has 64 valence electrons. The van der Waals surface area contributed by atoms with Gasteiger partial charge in [-0.15, -0.1) is 10.2 Å². The zero-order valence-electron chi connectivity index (χ0n) is 6.36. The SMILES string of the molecule is O=C(OCC1CC1)c1nn[nH]n1. The van der Waals surface area contributed by atoms with E-state index < -0.39 is 5.97 Å². The molecule has 12 heavy (non-hydrogen) atoms. The highest BCUT2D eigenvalue weighted by molar-refractivity contribution is 5.84. The van der Waals surface area contributed by atoms with Crippen LogP contribution in [-0.4, -0.2) is 33.2 Å². The molecule has 1 aliphatic rings. The van der Waals surface area contributed by atoms with E-state index in [2.05, 4.69) is 20.6 Å².